The predicted octanol–water partition coefficient (Wildman–Crippen LogP) is -1.94. The van der Waals surface area contributed by atoms with Crippen molar-refractivity contribution in [3.05, 3.63) is 0 Å². The number of rotatable bonds is 10. The molecule has 1 atom stereocenters. The second-order valence-electron chi connectivity index (χ2n) is 4.44. The molecule has 0 aliphatic carbocycles. The summed E-state index contributed by atoms with van der Waals surface area (Å²) in [5.41, 5.74) is 13.7. The van der Waals surface area contributed by atoms with Gasteiger partial charge in [0.2, 0.25) is 0 Å². The van der Waals surface area contributed by atoms with Crippen molar-refractivity contribution in [1.82, 2.24) is 0 Å². The van der Waals surface area contributed by atoms with Crippen LogP contribution in [-0.4, -0.2) is 48.1 Å². The summed E-state index contributed by atoms with van der Waals surface area (Å²) in [5.74, 6) is -4.90. The maximum absolute atomic E-state index is 12.1. The average Bonchev–Trinajstić information content (AvgIpc) is 2.44. The lowest BCUT2D eigenvalue weighted by atomic mass is 9.64. The number of hydrogen-bond donors (Lipinski definition) is 4. The van der Waals surface area contributed by atoms with Crippen LogP contribution >= 0.6 is 0 Å². The number of Topliss-reactive ketones (excluding diaryl/α,β-unsaturated/α-hetero) is 3. The molecule has 1 unspecified atom stereocenters. The second kappa shape index (κ2) is 7.83. The minimum absolute atomic E-state index is 0.00926. The molecular weight excluding hydrogens is 266 g/mol. The van der Waals surface area contributed by atoms with E-state index in [0.717, 1.165) is 0 Å². The van der Waals surface area contributed by atoms with Crippen molar-refractivity contribution >= 4 is 23.3 Å². The molecule has 0 fully saturated rings. The molecule has 0 spiro atoms. The van der Waals surface area contributed by atoms with Gasteiger partial charge in [0.15, 0.2) is 11.6 Å². The summed E-state index contributed by atoms with van der Waals surface area (Å²) in [4.78, 5) is 47.2. The van der Waals surface area contributed by atoms with Crippen LogP contribution in [-0.2, 0) is 19.2 Å². The standard InChI is InChI=1S/C12H21N3O5/c1-2-8(11(19)20)12(9(17)5-14,10(18)6-15)3-7(16)4-13/h8H,2-6,13-15H2,1H3,(H,19,20). The fourth-order valence-electron chi connectivity index (χ4n) is 2.35. The lowest BCUT2D eigenvalue weighted by Gasteiger charge is -2.34. The van der Waals surface area contributed by atoms with E-state index in [4.69, 9.17) is 17.2 Å². The first-order valence-electron chi connectivity index (χ1n) is 6.23. The van der Waals surface area contributed by atoms with Crippen molar-refractivity contribution < 1.29 is 24.3 Å². The van der Waals surface area contributed by atoms with E-state index in [0.29, 0.717) is 0 Å². The van der Waals surface area contributed by atoms with Crippen LogP contribution in [0.4, 0.5) is 0 Å². The number of hydrogen-bond acceptors (Lipinski definition) is 7. The zero-order valence-electron chi connectivity index (χ0n) is 11.4. The molecule has 0 rings (SSSR count). The number of nitrogens with two attached hydrogens (primary N) is 3. The van der Waals surface area contributed by atoms with Gasteiger partial charge in [-0.05, 0) is 6.42 Å². The van der Waals surface area contributed by atoms with Crippen LogP contribution in [0.2, 0.25) is 0 Å². The molecule has 7 N–H and O–H groups in total. The molecule has 8 heteroatoms. The van der Waals surface area contributed by atoms with E-state index in [-0.39, 0.29) is 6.42 Å². The molecule has 0 amide bonds. The fourth-order valence-corrected chi connectivity index (χ4v) is 2.35. The van der Waals surface area contributed by atoms with Gasteiger partial charge < -0.3 is 22.3 Å². The molecule has 0 aromatic heterocycles. The molecule has 114 valence electrons. The van der Waals surface area contributed by atoms with E-state index in [1.807, 2.05) is 0 Å². The minimum Gasteiger partial charge on any atom is -0.481 e. The molecule has 20 heavy (non-hydrogen) atoms. The van der Waals surface area contributed by atoms with Crippen LogP contribution in [0.25, 0.3) is 0 Å². The molecular formula is C12H21N3O5. The molecule has 0 aliphatic rings. The van der Waals surface area contributed by atoms with Crippen molar-refractivity contribution in [2.24, 2.45) is 28.5 Å². The molecule has 0 saturated carbocycles. The Morgan fingerprint density at radius 2 is 1.45 bits per heavy atom. The SMILES string of the molecule is CCC(C(=O)O)C(CC(=O)CN)(C(=O)CN)C(=O)CN. The summed E-state index contributed by atoms with van der Waals surface area (Å²) >= 11 is 0. The number of carboxylic acids is 1. The zero-order chi connectivity index (χ0) is 15.9. The Morgan fingerprint density at radius 1 is 1.00 bits per heavy atom. The first kappa shape index (κ1) is 18.4. The Kier molecular flexibility index (Phi) is 7.19. The highest BCUT2D eigenvalue weighted by Gasteiger charge is 2.53. The van der Waals surface area contributed by atoms with Gasteiger partial charge in [-0.25, -0.2) is 0 Å². The highest BCUT2D eigenvalue weighted by Crippen LogP contribution is 2.36. The van der Waals surface area contributed by atoms with E-state index in [9.17, 15) is 24.3 Å². The Bertz CT molecular complexity index is 392. The zero-order valence-corrected chi connectivity index (χ0v) is 11.4. The van der Waals surface area contributed by atoms with E-state index in [1.54, 1.807) is 0 Å². The maximum Gasteiger partial charge on any atom is 0.307 e. The molecule has 0 saturated heterocycles. The molecule has 0 radical (unpaired) electrons. The van der Waals surface area contributed by atoms with Crippen LogP contribution < -0.4 is 17.2 Å². The first-order valence-corrected chi connectivity index (χ1v) is 6.23. The monoisotopic (exact) mass is 287 g/mol. The lowest BCUT2D eigenvalue weighted by Crippen LogP contribution is -2.54. The highest BCUT2D eigenvalue weighted by atomic mass is 16.4. The van der Waals surface area contributed by atoms with E-state index in [1.165, 1.54) is 6.92 Å². The second-order valence-corrected chi connectivity index (χ2v) is 4.44. The number of carbonyl (C=O) groups excluding carboxylic acids is 3. The molecule has 8 nitrogen and oxygen atoms in total. The van der Waals surface area contributed by atoms with Gasteiger partial charge in [-0.15, -0.1) is 0 Å². The lowest BCUT2D eigenvalue weighted by molar-refractivity contribution is -0.159. The third kappa shape index (κ3) is 3.47. The third-order valence-electron chi connectivity index (χ3n) is 3.37. The Morgan fingerprint density at radius 3 is 1.70 bits per heavy atom. The number of carbonyl (C=O) groups is 4. The highest BCUT2D eigenvalue weighted by molar-refractivity contribution is 6.13. The molecule has 0 heterocycles. The smallest absolute Gasteiger partial charge is 0.307 e. The quantitative estimate of drug-likeness (QED) is 0.336. The van der Waals surface area contributed by atoms with E-state index in [2.05, 4.69) is 0 Å². The van der Waals surface area contributed by atoms with Crippen LogP contribution in [0.1, 0.15) is 19.8 Å². The summed E-state index contributed by atoms with van der Waals surface area (Å²) < 4.78 is 0. The Balaban J connectivity index is 6.03. The minimum atomic E-state index is -2.03. The summed E-state index contributed by atoms with van der Waals surface area (Å²) in [7, 11) is 0. The normalized spacial score (nSPS) is 12.8. The van der Waals surface area contributed by atoms with Gasteiger partial charge in [0, 0.05) is 6.42 Å². The number of aliphatic carboxylic acids is 1. The van der Waals surface area contributed by atoms with Crippen LogP contribution in [0.5, 0.6) is 0 Å². The van der Waals surface area contributed by atoms with Gasteiger partial charge in [0.1, 0.15) is 11.2 Å². The average molecular weight is 287 g/mol. The van der Waals surface area contributed by atoms with Gasteiger partial charge in [-0.1, -0.05) is 6.92 Å². The van der Waals surface area contributed by atoms with Gasteiger partial charge in [0.05, 0.1) is 25.6 Å². The summed E-state index contributed by atoms with van der Waals surface area (Å²) in [6.45, 7) is 0.0162. The van der Waals surface area contributed by atoms with Gasteiger partial charge in [-0.3, -0.25) is 19.2 Å². The van der Waals surface area contributed by atoms with Crippen molar-refractivity contribution in [2.75, 3.05) is 19.6 Å². The first-order chi connectivity index (χ1) is 9.31. The Labute approximate surface area is 116 Å². The molecule has 0 aromatic carbocycles. The maximum atomic E-state index is 12.1. The van der Waals surface area contributed by atoms with E-state index >= 15 is 0 Å². The largest absolute Gasteiger partial charge is 0.481 e. The number of carboxylic acid groups (broad SMARTS) is 1. The van der Waals surface area contributed by atoms with Crippen LogP contribution in [0.3, 0.4) is 0 Å². The van der Waals surface area contributed by atoms with Crippen molar-refractivity contribution in [3.63, 3.8) is 0 Å². The third-order valence-corrected chi connectivity index (χ3v) is 3.37. The summed E-state index contributed by atoms with van der Waals surface area (Å²) in [6, 6.07) is 0. The Hall–Kier alpha value is -1.64. The molecule has 0 aromatic rings. The summed E-state index contributed by atoms with van der Waals surface area (Å²) in [5, 5.41) is 9.25. The topological polar surface area (TPSA) is 167 Å². The van der Waals surface area contributed by atoms with E-state index < -0.39 is 60.7 Å². The van der Waals surface area contributed by atoms with Gasteiger partial charge >= 0.3 is 5.97 Å². The van der Waals surface area contributed by atoms with Crippen molar-refractivity contribution in [1.29, 1.82) is 0 Å². The molecule has 0 aliphatic heterocycles. The predicted molar refractivity (Wildman–Crippen MR) is 70.7 cm³/mol. The number of ketones is 3. The van der Waals surface area contributed by atoms with Crippen molar-refractivity contribution in [3.8, 4) is 0 Å². The summed E-state index contributed by atoms with van der Waals surface area (Å²) in [6.07, 6.45) is -0.592. The van der Waals surface area contributed by atoms with Crippen LogP contribution in [0.15, 0.2) is 0 Å². The van der Waals surface area contributed by atoms with Gasteiger partial charge in [-0.2, -0.15) is 0 Å². The van der Waals surface area contributed by atoms with Crippen LogP contribution in [0, 0.1) is 11.3 Å². The van der Waals surface area contributed by atoms with Crippen molar-refractivity contribution in [2.45, 2.75) is 19.8 Å². The molecule has 0 bridgehead atoms. The fraction of sp³-hybridized carbons (Fsp3) is 0.667. The van der Waals surface area contributed by atoms with Gasteiger partial charge in [0.25, 0.3) is 0 Å².